The molecule has 6 heteroatoms. The van der Waals surface area contributed by atoms with E-state index in [0.29, 0.717) is 5.69 Å². The molecular weight excluding hydrogens is 221 g/mol. The second kappa shape index (κ2) is 4.69. The summed E-state index contributed by atoms with van der Waals surface area (Å²) in [5.41, 5.74) is 6.15. The molecular formula is C10H13F3N2O. The average molecular weight is 234 g/mol. The van der Waals surface area contributed by atoms with Crippen molar-refractivity contribution in [3.05, 3.63) is 24.0 Å². The molecule has 0 spiro atoms. The van der Waals surface area contributed by atoms with Crippen LogP contribution in [0.25, 0.3) is 0 Å². The third kappa shape index (κ3) is 3.37. The van der Waals surface area contributed by atoms with Gasteiger partial charge in [-0.15, -0.1) is 0 Å². The topological polar surface area (TPSA) is 48.1 Å². The van der Waals surface area contributed by atoms with Crippen LogP contribution in [0.15, 0.2) is 18.3 Å². The summed E-state index contributed by atoms with van der Waals surface area (Å²) in [6.07, 6.45) is -4.99. The Balaban J connectivity index is 2.69. The minimum atomic E-state index is -4.38. The molecule has 0 aliphatic carbocycles. The fraction of sp³-hybridized carbons (Fsp3) is 0.500. The summed E-state index contributed by atoms with van der Waals surface area (Å²) in [6.45, 7) is 2.68. The van der Waals surface area contributed by atoms with E-state index in [1.165, 1.54) is 12.3 Å². The lowest BCUT2D eigenvalue weighted by molar-refractivity contribution is -0.189. The van der Waals surface area contributed by atoms with Crippen LogP contribution in [0.1, 0.15) is 25.6 Å². The largest absolute Gasteiger partial charge is 0.480 e. The van der Waals surface area contributed by atoms with Gasteiger partial charge in [0.1, 0.15) is 5.75 Å². The van der Waals surface area contributed by atoms with Crippen LogP contribution in [-0.2, 0) is 0 Å². The summed E-state index contributed by atoms with van der Waals surface area (Å²) in [4.78, 5) is 3.90. The Morgan fingerprint density at radius 3 is 2.31 bits per heavy atom. The van der Waals surface area contributed by atoms with Gasteiger partial charge >= 0.3 is 6.18 Å². The molecule has 0 aliphatic rings. The van der Waals surface area contributed by atoms with Gasteiger partial charge in [0.25, 0.3) is 0 Å². The van der Waals surface area contributed by atoms with Crippen LogP contribution in [0.4, 0.5) is 13.2 Å². The van der Waals surface area contributed by atoms with E-state index in [9.17, 15) is 13.2 Å². The Bertz CT molecular complexity index is 335. The van der Waals surface area contributed by atoms with E-state index in [0.717, 1.165) is 6.92 Å². The van der Waals surface area contributed by atoms with E-state index in [1.54, 1.807) is 13.0 Å². The lowest BCUT2D eigenvalue weighted by atomic mass is 10.2. The molecule has 0 aromatic carbocycles. The maximum absolute atomic E-state index is 12.2. The van der Waals surface area contributed by atoms with Crippen molar-refractivity contribution in [1.29, 1.82) is 0 Å². The number of rotatable bonds is 3. The normalized spacial score (nSPS) is 15.6. The number of nitrogens with zero attached hydrogens (tertiary/aromatic N) is 1. The van der Waals surface area contributed by atoms with Crippen LogP contribution in [0, 0.1) is 0 Å². The molecule has 1 rings (SSSR count). The number of hydrogen-bond acceptors (Lipinski definition) is 3. The maximum atomic E-state index is 12.2. The van der Waals surface area contributed by atoms with Crippen LogP contribution in [0.2, 0.25) is 0 Å². The predicted molar refractivity (Wildman–Crippen MR) is 53.0 cm³/mol. The zero-order chi connectivity index (χ0) is 12.3. The second-order valence-corrected chi connectivity index (χ2v) is 3.51. The Kier molecular flexibility index (Phi) is 3.74. The highest BCUT2D eigenvalue weighted by Crippen LogP contribution is 2.24. The van der Waals surface area contributed by atoms with E-state index in [2.05, 4.69) is 9.72 Å². The molecule has 0 bridgehead atoms. The summed E-state index contributed by atoms with van der Waals surface area (Å²) in [6, 6.07) is 2.71. The molecule has 0 fully saturated rings. The van der Waals surface area contributed by atoms with E-state index in [-0.39, 0.29) is 11.8 Å². The predicted octanol–water partition coefficient (Wildman–Crippen LogP) is 2.43. The molecule has 90 valence electrons. The molecule has 2 unspecified atom stereocenters. The first-order chi connectivity index (χ1) is 7.30. The average Bonchev–Trinajstić information content (AvgIpc) is 2.17. The highest BCUT2D eigenvalue weighted by Gasteiger charge is 2.38. The van der Waals surface area contributed by atoms with Crippen molar-refractivity contribution in [2.24, 2.45) is 5.73 Å². The zero-order valence-electron chi connectivity index (χ0n) is 8.95. The molecule has 1 aromatic rings. The van der Waals surface area contributed by atoms with Crippen LogP contribution in [0.5, 0.6) is 5.75 Å². The van der Waals surface area contributed by atoms with Crippen molar-refractivity contribution in [1.82, 2.24) is 4.98 Å². The summed E-state index contributed by atoms with van der Waals surface area (Å²) in [5.74, 6) is 0.0780. The monoisotopic (exact) mass is 234 g/mol. The van der Waals surface area contributed by atoms with Crippen LogP contribution in [-0.4, -0.2) is 17.3 Å². The number of hydrogen-bond donors (Lipinski definition) is 1. The third-order valence-electron chi connectivity index (χ3n) is 2.00. The van der Waals surface area contributed by atoms with Crippen molar-refractivity contribution in [2.75, 3.05) is 0 Å². The van der Waals surface area contributed by atoms with Crippen LogP contribution in [0.3, 0.4) is 0 Å². The molecule has 1 aromatic heterocycles. The Hall–Kier alpha value is -1.30. The van der Waals surface area contributed by atoms with Gasteiger partial charge in [0.05, 0.1) is 11.9 Å². The van der Waals surface area contributed by atoms with Crippen molar-refractivity contribution in [3.8, 4) is 5.75 Å². The van der Waals surface area contributed by atoms with E-state index in [1.807, 2.05) is 0 Å². The lowest BCUT2D eigenvalue weighted by Gasteiger charge is -2.17. The number of ether oxygens (including phenoxy) is 1. The molecule has 1 heterocycles. The number of alkyl halides is 3. The molecule has 0 saturated heterocycles. The summed E-state index contributed by atoms with van der Waals surface area (Å²) >= 11 is 0. The smallest absolute Gasteiger partial charge is 0.425 e. The Labute approximate surface area is 91.4 Å². The molecule has 0 aliphatic heterocycles. The number of halogens is 3. The van der Waals surface area contributed by atoms with Gasteiger partial charge in [-0.1, -0.05) is 0 Å². The molecule has 2 N–H and O–H groups in total. The maximum Gasteiger partial charge on any atom is 0.425 e. The summed E-state index contributed by atoms with van der Waals surface area (Å²) in [7, 11) is 0. The highest BCUT2D eigenvalue weighted by molar-refractivity contribution is 5.21. The van der Waals surface area contributed by atoms with Crippen molar-refractivity contribution in [2.45, 2.75) is 32.2 Å². The minimum absolute atomic E-state index is 0.0780. The number of pyridine rings is 1. The first-order valence-corrected chi connectivity index (χ1v) is 4.75. The van der Waals surface area contributed by atoms with E-state index >= 15 is 0 Å². The minimum Gasteiger partial charge on any atom is -0.480 e. The number of nitrogens with two attached hydrogens (primary N) is 1. The van der Waals surface area contributed by atoms with Gasteiger partial charge in [0, 0.05) is 6.04 Å². The SMILES string of the molecule is CC(N)c1ccc(OC(C)C(F)(F)F)cn1. The molecule has 3 nitrogen and oxygen atoms in total. The Morgan fingerprint density at radius 1 is 1.31 bits per heavy atom. The first-order valence-electron chi connectivity index (χ1n) is 4.75. The van der Waals surface area contributed by atoms with Gasteiger partial charge in [-0.2, -0.15) is 13.2 Å². The molecule has 0 radical (unpaired) electrons. The van der Waals surface area contributed by atoms with Crippen molar-refractivity contribution in [3.63, 3.8) is 0 Å². The first kappa shape index (κ1) is 12.8. The molecule has 16 heavy (non-hydrogen) atoms. The third-order valence-corrected chi connectivity index (χ3v) is 2.00. The number of aromatic nitrogens is 1. The summed E-state index contributed by atoms with van der Waals surface area (Å²) < 4.78 is 41.2. The van der Waals surface area contributed by atoms with Crippen LogP contribution < -0.4 is 10.5 Å². The van der Waals surface area contributed by atoms with Crippen molar-refractivity contribution < 1.29 is 17.9 Å². The van der Waals surface area contributed by atoms with Crippen LogP contribution >= 0.6 is 0 Å². The van der Waals surface area contributed by atoms with E-state index < -0.39 is 12.3 Å². The Morgan fingerprint density at radius 2 is 1.94 bits per heavy atom. The fourth-order valence-corrected chi connectivity index (χ4v) is 1.00. The quantitative estimate of drug-likeness (QED) is 0.873. The van der Waals surface area contributed by atoms with Gasteiger partial charge in [-0.3, -0.25) is 4.98 Å². The molecule has 2 atom stereocenters. The van der Waals surface area contributed by atoms with Gasteiger partial charge in [0.2, 0.25) is 0 Å². The standard InChI is InChI=1S/C10H13F3N2O/c1-6(14)9-4-3-8(5-15-9)16-7(2)10(11,12)13/h3-7H,14H2,1-2H3. The molecule has 0 amide bonds. The van der Waals surface area contributed by atoms with Gasteiger partial charge < -0.3 is 10.5 Å². The van der Waals surface area contributed by atoms with E-state index in [4.69, 9.17) is 5.73 Å². The molecule has 0 saturated carbocycles. The van der Waals surface area contributed by atoms with Crippen molar-refractivity contribution >= 4 is 0 Å². The summed E-state index contributed by atoms with van der Waals surface area (Å²) in [5, 5.41) is 0. The van der Waals surface area contributed by atoms with Gasteiger partial charge in [-0.05, 0) is 26.0 Å². The van der Waals surface area contributed by atoms with Gasteiger partial charge in [0.15, 0.2) is 6.10 Å². The fourth-order valence-electron chi connectivity index (χ4n) is 1.00. The highest BCUT2D eigenvalue weighted by atomic mass is 19.4. The lowest BCUT2D eigenvalue weighted by Crippen LogP contribution is -2.31. The second-order valence-electron chi connectivity index (χ2n) is 3.51. The zero-order valence-corrected chi connectivity index (χ0v) is 8.95. The van der Waals surface area contributed by atoms with Gasteiger partial charge in [-0.25, -0.2) is 0 Å².